The molecule has 0 bridgehead atoms. The van der Waals surface area contributed by atoms with E-state index >= 15 is 0 Å². The Kier molecular flexibility index (Phi) is 7.40. The van der Waals surface area contributed by atoms with Crippen molar-refractivity contribution in [1.29, 1.82) is 0 Å². The van der Waals surface area contributed by atoms with Crippen LogP contribution in [0.2, 0.25) is 0 Å². The lowest BCUT2D eigenvalue weighted by molar-refractivity contribution is -0.210. The fraction of sp³-hybridized carbons (Fsp3) is 0.593. The van der Waals surface area contributed by atoms with Crippen molar-refractivity contribution in [2.75, 3.05) is 13.7 Å². The SMILES string of the molecule is CC#Cc1occc1C1CC2(C)C(CCC3(C)C(C(=O)OC)CC(OC(=O)CN=C=S)C(=O)C32)C(=O)O1. The van der Waals surface area contributed by atoms with E-state index in [1.54, 1.807) is 13.0 Å². The van der Waals surface area contributed by atoms with Gasteiger partial charge in [-0.25, -0.2) is 9.79 Å². The molecular weight excluding hydrogens is 498 g/mol. The predicted octanol–water partition coefficient (Wildman–Crippen LogP) is 3.45. The van der Waals surface area contributed by atoms with Crippen molar-refractivity contribution in [3.63, 3.8) is 0 Å². The first-order valence-electron chi connectivity index (χ1n) is 12.2. The normalized spacial score (nSPS) is 34.4. The number of carbonyl (C=O) groups excluding carboxylic acids is 4. The minimum absolute atomic E-state index is 0.00185. The van der Waals surface area contributed by atoms with E-state index in [1.807, 2.05) is 13.8 Å². The zero-order valence-corrected chi connectivity index (χ0v) is 22.0. The highest BCUT2D eigenvalue weighted by atomic mass is 32.1. The van der Waals surface area contributed by atoms with Crippen LogP contribution in [0.15, 0.2) is 21.7 Å². The molecule has 2 saturated carbocycles. The largest absolute Gasteiger partial charge is 0.469 e. The zero-order chi connectivity index (χ0) is 27.0. The number of Topliss-reactive ketones (excluding diaryl/α,β-unsaturated/α-hetero) is 1. The molecule has 196 valence electrons. The number of furan rings is 1. The molecule has 9 nitrogen and oxygen atoms in total. The van der Waals surface area contributed by atoms with Crippen LogP contribution in [-0.2, 0) is 33.4 Å². The van der Waals surface area contributed by atoms with E-state index in [-0.39, 0.29) is 18.7 Å². The van der Waals surface area contributed by atoms with Crippen molar-refractivity contribution >= 4 is 41.1 Å². The highest BCUT2D eigenvalue weighted by molar-refractivity contribution is 7.78. The summed E-state index contributed by atoms with van der Waals surface area (Å²) in [6.07, 6.45) is 0.829. The van der Waals surface area contributed by atoms with Crippen LogP contribution in [0.25, 0.3) is 0 Å². The monoisotopic (exact) mass is 527 g/mol. The van der Waals surface area contributed by atoms with Gasteiger partial charge in [-0.05, 0) is 61.2 Å². The first-order chi connectivity index (χ1) is 17.6. The lowest BCUT2D eigenvalue weighted by atomic mass is 9.43. The quantitative estimate of drug-likeness (QED) is 0.186. The summed E-state index contributed by atoms with van der Waals surface area (Å²) in [7, 11) is 1.29. The number of carbonyl (C=O) groups is 4. The Bertz CT molecular complexity index is 1240. The molecule has 2 heterocycles. The van der Waals surface area contributed by atoms with Crippen molar-refractivity contribution in [2.45, 2.75) is 58.7 Å². The molecule has 0 N–H and O–H groups in total. The molecule has 0 spiro atoms. The van der Waals surface area contributed by atoms with Crippen molar-refractivity contribution in [2.24, 2.45) is 33.6 Å². The van der Waals surface area contributed by atoms with Gasteiger partial charge in [0.05, 0.1) is 30.4 Å². The first-order valence-corrected chi connectivity index (χ1v) is 12.6. The van der Waals surface area contributed by atoms with Crippen LogP contribution < -0.4 is 0 Å². The third-order valence-corrected chi connectivity index (χ3v) is 8.54. The highest BCUT2D eigenvalue weighted by Gasteiger charge is 2.68. The van der Waals surface area contributed by atoms with E-state index in [1.165, 1.54) is 13.4 Å². The molecule has 0 aromatic carbocycles. The summed E-state index contributed by atoms with van der Waals surface area (Å²) in [6, 6.07) is 1.71. The number of thiocarbonyl (C=S) groups is 1. The third-order valence-electron chi connectivity index (χ3n) is 8.42. The number of rotatable bonds is 5. The van der Waals surface area contributed by atoms with Gasteiger partial charge in [-0.1, -0.05) is 19.8 Å². The molecule has 1 aliphatic heterocycles. The molecule has 3 fully saturated rings. The summed E-state index contributed by atoms with van der Waals surface area (Å²) >= 11 is 4.51. The van der Waals surface area contributed by atoms with Crippen LogP contribution in [0.5, 0.6) is 0 Å². The van der Waals surface area contributed by atoms with Gasteiger partial charge in [-0.3, -0.25) is 14.4 Å². The fourth-order valence-electron chi connectivity index (χ4n) is 6.87. The van der Waals surface area contributed by atoms with Crippen molar-refractivity contribution in [1.82, 2.24) is 0 Å². The Morgan fingerprint density at radius 3 is 2.70 bits per heavy atom. The van der Waals surface area contributed by atoms with E-state index in [4.69, 9.17) is 18.6 Å². The highest BCUT2D eigenvalue weighted by Crippen LogP contribution is 2.65. The lowest BCUT2D eigenvalue weighted by Crippen LogP contribution is -2.64. The van der Waals surface area contributed by atoms with Gasteiger partial charge in [-0.15, -0.1) is 0 Å². The Morgan fingerprint density at radius 2 is 2.03 bits per heavy atom. The number of ketones is 1. The van der Waals surface area contributed by atoms with Crippen molar-refractivity contribution in [3.05, 3.63) is 23.7 Å². The molecule has 2 aliphatic carbocycles. The minimum atomic E-state index is -1.18. The van der Waals surface area contributed by atoms with Crippen LogP contribution in [0, 0.1) is 40.4 Å². The lowest BCUT2D eigenvalue weighted by Gasteiger charge is -2.61. The number of methoxy groups -OCH3 is 1. The zero-order valence-electron chi connectivity index (χ0n) is 21.2. The predicted molar refractivity (Wildman–Crippen MR) is 132 cm³/mol. The van der Waals surface area contributed by atoms with Gasteiger partial charge in [0.15, 0.2) is 17.6 Å². The fourth-order valence-corrected chi connectivity index (χ4v) is 6.94. The number of isothiocyanates is 1. The maximum absolute atomic E-state index is 14.1. The molecule has 7 atom stereocenters. The minimum Gasteiger partial charge on any atom is -0.469 e. The van der Waals surface area contributed by atoms with Gasteiger partial charge in [0.1, 0.15) is 12.6 Å². The topological polar surface area (TPSA) is 121 Å². The number of aliphatic imine (C=N–C) groups is 1. The van der Waals surface area contributed by atoms with E-state index in [2.05, 4.69) is 34.2 Å². The average molecular weight is 528 g/mol. The Morgan fingerprint density at radius 1 is 1.27 bits per heavy atom. The molecule has 1 aromatic heterocycles. The average Bonchev–Trinajstić information content (AvgIpc) is 3.31. The number of ether oxygens (including phenoxy) is 3. The summed E-state index contributed by atoms with van der Waals surface area (Å²) in [5.74, 6) is 2.07. The third kappa shape index (κ3) is 4.51. The number of nitrogens with zero attached hydrogens (tertiary/aromatic N) is 1. The van der Waals surface area contributed by atoms with Gasteiger partial charge >= 0.3 is 17.9 Å². The Balaban J connectivity index is 1.77. The molecule has 37 heavy (non-hydrogen) atoms. The second-order valence-corrected chi connectivity index (χ2v) is 10.5. The standard InChI is InChI=1S/C27H29NO8S/c1-5-6-18-15(8-10-34-18)20-12-27(3)16(25(32)36-20)7-9-26(2)17(24(31)33-4)11-19(22(30)23(26)27)35-21(29)13-28-14-37/h8,10,16-17,19-20,23H,7,9,11-13H2,1-4H3. The smallest absolute Gasteiger partial charge is 0.329 e. The maximum atomic E-state index is 14.1. The summed E-state index contributed by atoms with van der Waals surface area (Å²) in [6.45, 7) is 5.09. The molecule has 0 amide bonds. The molecule has 0 radical (unpaired) electrons. The van der Waals surface area contributed by atoms with Crippen molar-refractivity contribution in [3.8, 4) is 11.8 Å². The van der Waals surface area contributed by atoms with Gasteiger partial charge in [0.25, 0.3) is 0 Å². The number of esters is 3. The van der Waals surface area contributed by atoms with Gasteiger partial charge in [-0.2, -0.15) is 0 Å². The van der Waals surface area contributed by atoms with E-state index in [9.17, 15) is 19.2 Å². The second-order valence-electron chi connectivity index (χ2n) is 10.3. The van der Waals surface area contributed by atoms with Gasteiger partial charge in [0.2, 0.25) is 0 Å². The number of hydrogen-bond acceptors (Lipinski definition) is 10. The Hall–Kier alpha value is -3.28. The summed E-state index contributed by atoms with van der Waals surface area (Å²) in [5, 5.41) is 2.09. The van der Waals surface area contributed by atoms with Crippen LogP contribution >= 0.6 is 12.2 Å². The van der Waals surface area contributed by atoms with E-state index in [0.29, 0.717) is 30.6 Å². The molecular formula is C27H29NO8S. The number of fused-ring (bicyclic) bond motifs is 3. The van der Waals surface area contributed by atoms with Gasteiger partial charge in [0, 0.05) is 17.9 Å². The van der Waals surface area contributed by atoms with Crippen LogP contribution in [0.4, 0.5) is 0 Å². The van der Waals surface area contributed by atoms with E-state index < -0.39 is 58.7 Å². The second kappa shape index (κ2) is 10.2. The van der Waals surface area contributed by atoms with E-state index in [0.717, 1.165) is 0 Å². The number of cyclic esters (lactones) is 1. The van der Waals surface area contributed by atoms with Gasteiger partial charge < -0.3 is 18.6 Å². The van der Waals surface area contributed by atoms with Crippen LogP contribution in [0.3, 0.4) is 0 Å². The molecule has 1 aromatic rings. The molecule has 1 saturated heterocycles. The van der Waals surface area contributed by atoms with Crippen LogP contribution in [-0.4, -0.2) is 48.6 Å². The molecule has 3 aliphatic rings. The van der Waals surface area contributed by atoms with Crippen LogP contribution in [0.1, 0.15) is 63.9 Å². The summed E-state index contributed by atoms with van der Waals surface area (Å²) in [5.41, 5.74) is -1.07. The first kappa shape index (κ1) is 26.8. The number of hydrogen-bond donors (Lipinski definition) is 0. The summed E-state index contributed by atoms with van der Waals surface area (Å²) < 4.78 is 22.0. The Labute approximate surface area is 220 Å². The maximum Gasteiger partial charge on any atom is 0.329 e. The molecule has 4 rings (SSSR count). The molecule has 10 heteroatoms. The molecule has 7 unspecified atom stereocenters. The summed E-state index contributed by atoms with van der Waals surface area (Å²) in [4.78, 5) is 56.3. The van der Waals surface area contributed by atoms with Crippen molar-refractivity contribution < 1.29 is 37.8 Å².